The third kappa shape index (κ3) is 8.00. The van der Waals surface area contributed by atoms with Gasteiger partial charge in [-0.05, 0) is 20.0 Å². The maximum atomic E-state index is 5.67. The fourth-order valence-corrected chi connectivity index (χ4v) is 1.16. The smallest absolute Gasteiger partial charge is 0.188 e. The fraction of sp³-hybridized carbons (Fsp3) is 0.727. The molecule has 0 atom stereocenters. The lowest BCUT2D eigenvalue weighted by Crippen LogP contribution is -2.38. The summed E-state index contributed by atoms with van der Waals surface area (Å²) in [6, 6.07) is 0. The van der Waals surface area contributed by atoms with Crippen molar-refractivity contribution in [1.82, 2.24) is 10.2 Å². The molecule has 0 aromatic heterocycles. The van der Waals surface area contributed by atoms with E-state index in [-0.39, 0.29) is 0 Å². The largest absolute Gasteiger partial charge is 0.370 e. The molecule has 0 saturated carbocycles. The summed E-state index contributed by atoms with van der Waals surface area (Å²) in [6.07, 6.45) is 0. The molecule has 0 radical (unpaired) electrons. The van der Waals surface area contributed by atoms with Gasteiger partial charge in [-0.15, -0.1) is 0 Å². The van der Waals surface area contributed by atoms with Crippen LogP contribution in [-0.4, -0.2) is 43.6 Å². The van der Waals surface area contributed by atoms with Crippen molar-refractivity contribution in [3.05, 3.63) is 12.2 Å². The molecule has 0 bridgehead atoms. The monoisotopic (exact) mass is 212 g/mol. The topological polar surface area (TPSA) is 53.6 Å². The molecule has 0 unspecified atom stereocenters. The Labute approximate surface area is 93.2 Å². The van der Waals surface area contributed by atoms with Crippen molar-refractivity contribution in [2.75, 3.05) is 32.7 Å². The van der Waals surface area contributed by atoms with Crippen molar-refractivity contribution < 1.29 is 0 Å². The summed E-state index contributed by atoms with van der Waals surface area (Å²) in [5.41, 5.74) is 6.69. The van der Waals surface area contributed by atoms with E-state index in [2.05, 4.69) is 35.6 Å². The van der Waals surface area contributed by atoms with Gasteiger partial charge in [0, 0.05) is 13.1 Å². The van der Waals surface area contributed by atoms with E-state index in [1.54, 1.807) is 0 Å². The van der Waals surface area contributed by atoms with Crippen LogP contribution in [0.15, 0.2) is 17.1 Å². The van der Waals surface area contributed by atoms with E-state index in [9.17, 15) is 0 Å². The zero-order chi connectivity index (χ0) is 11.7. The maximum Gasteiger partial charge on any atom is 0.188 e. The lowest BCUT2D eigenvalue weighted by atomic mass is 10.4. The third-order valence-corrected chi connectivity index (χ3v) is 2.15. The van der Waals surface area contributed by atoms with Crippen LogP contribution in [0.2, 0.25) is 0 Å². The minimum absolute atomic E-state index is 0.505. The van der Waals surface area contributed by atoms with Gasteiger partial charge in [-0.3, -0.25) is 0 Å². The van der Waals surface area contributed by atoms with Crippen LogP contribution >= 0.6 is 0 Å². The van der Waals surface area contributed by atoms with Crippen molar-refractivity contribution in [2.45, 2.75) is 20.8 Å². The highest BCUT2D eigenvalue weighted by Gasteiger charge is 1.98. The van der Waals surface area contributed by atoms with Crippen LogP contribution in [-0.2, 0) is 0 Å². The summed E-state index contributed by atoms with van der Waals surface area (Å²) in [6.45, 7) is 14.6. The molecule has 0 aliphatic rings. The van der Waals surface area contributed by atoms with Crippen LogP contribution in [0.25, 0.3) is 0 Å². The average Bonchev–Trinajstić information content (AvgIpc) is 2.21. The van der Waals surface area contributed by atoms with Crippen LogP contribution in [0.5, 0.6) is 0 Å². The number of nitrogens with two attached hydrogens (primary N) is 1. The van der Waals surface area contributed by atoms with Crippen molar-refractivity contribution in [2.24, 2.45) is 10.7 Å². The zero-order valence-electron chi connectivity index (χ0n) is 10.2. The second-order valence-corrected chi connectivity index (χ2v) is 3.61. The highest BCUT2D eigenvalue weighted by atomic mass is 15.2. The van der Waals surface area contributed by atoms with Gasteiger partial charge < -0.3 is 16.0 Å². The molecular formula is C11H24N4. The Morgan fingerprint density at radius 2 is 2.00 bits per heavy atom. The van der Waals surface area contributed by atoms with Crippen LogP contribution in [0.4, 0.5) is 0 Å². The Morgan fingerprint density at radius 3 is 2.47 bits per heavy atom. The quantitative estimate of drug-likeness (QED) is 0.373. The molecular weight excluding hydrogens is 188 g/mol. The molecule has 15 heavy (non-hydrogen) atoms. The molecule has 0 aliphatic carbocycles. The van der Waals surface area contributed by atoms with Gasteiger partial charge in [-0.25, -0.2) is 4.99 Å². The molecule has 0 amide bonds. The molecule has 4 heteroatoms. The van der Waals surface area contributed by atoms with Gasteiger partial charge in [0.1, 0.15) is 0 Å². The number of rotatable bonds is 7. The molecule has 3 N–H and O–H groups in total. The average molecular weight is 212 g/mol. The first-order valence-electron chi connectivity index (χ1n) is 5.50. The van der Waals surface area contributed by atoms with Crippen LogP contribution in [0, 0.1) is 0 Å². The Hall–Kier alpha value is -1.03. The van der Waals surface area contributed by atoms with Crippen molar-refractivity contribution >= 4 is 5.96 Å². The molecule has 88 valence electrons. The van der Waals surface area contributed by atoms with E-state index in [1.165, 1.54) is 0 Å². The molecule has 0 heterocycles. The predicted octanol–water partition coefficient (Wildman–Crippen LogP) is 0.809. The molecule has 0 fully saturated rings. The summed E-state index contributed by atoms with van der Waals surface area (Å²) < 4.78 is 0. The number of nitrogens with one attached hydrogen (secondary N) is 1. The summed E-state index contributed by atoms with van der Waals surface area (Å²) in [5.74, 6) is 0.505. The molecule has 0 spiro atoms. The number of guanidine groups is 1. The molecule has 0 saturated heterocycles. The van der Waals surface area contributed by atoms with Crippen molar-refractivity contribution in [1.29, 1.82) is 0 Å². The number of hydrogen-bond acceptors (Lipinski definition) is 2. The number of nitrogens with zero attached hydrogens (tertiary/aromatic N) is 2. The summed E-state index contributed by atoms with van der Waals surface area (Å²) in [4.78, 5) is 6.47. The zero-order valence-corrected chi connectivity index (χ0v) is 10.2. The van der Waals surface area contributed by atoms with Gasteiger partial charge >= 0.3 is 0 Å². The van der Waals surface area contributed by atoms with Gasteiger partial charge in [-0.1, -0.05) is 26.0 Å². The predicted molar refractivity (Wildman–Crippen MR) is 67.1 cm³/mol. The van der Waals surface area contributed by atoms with E-state index in [0.717, 1.165) is 31.8 Å². The Bertz CT molecular complexity index is 207. The lowest BCUT2D eigenvalue weighted by molar-refractivity contribution is 0.308. The van der Waals surface area contributed by atoms with Gasteiger partial charge in [0.05, 0.1) is 6.54 Å². The molecule has 0 aromatic rings. The fourth-order valence-electron chi connectivity index (χ4n) is 1.16. The summed E-state index contributed by atoms with van der Waals surface area (Å²) in [7, 11) is 0. The maximum absolute atomic E-state index is 5.67. The highest BCUT2D eigenvalue weighted by Crippen LogP contribution is 1.86. The second-order valence-electron chi connectivity index (χ2n) is 3.61. The minimum atomic E-state index is 0.505. The highest BCUT2D eigenvalue weighted by molar-refractivity contribution is 5.77. The standard InChI is InChI=1S/C11H24N4/c1-5-15(6-2)8-7-13-11(12)14-9-10(3)4/h3,5-9H2,1-2,4H3,(H3,12,13,14). The normalized spacial score (nSPS) is 11.9. The molecule has 0 rings (SSSR count). The lowest BCUT2D eigenvalue weighted by Gasteiger charge is -2.18. The minimum Gasteiger partial charge on any atom is -0.370 e. The Morgan fingerprint density at radius 1 is 1.40 bits per heavy atom. The molecule has 4 nitrogen and oxygen atoms in total. The first-order valence-corrected chi connectivity index (χ1v) is 5.50. The van der Waals surface area contributed by atoms with E-state index < -0.39 is 0 Å². The molecule has 0 aromatic carbocycles. The van der Waals surface area contributed by atoms with Crippen LogP contribution < -0.4 is 11.1 Å². The van der Waals surface area contributed by atoms with E-state index in [4.69, 9.17) is 5.73 Å². The van der Waals surface area contributed by atoms with Gasteiger partial charge in [-0.2, -0.15) is 0 Å². The SMILES string of the molecule is C=C(C)CN=C(N)NCCN(CC)CC. The summed E-state index contributed by atoms with van der Waals surface area (Å²) >= 11 is 0. The van der Waals surface area contributed by atoms with Crippen LogP contribution in [0.3, 0.4) is 0 Å². The second kappa shape index (κ2) is 8.29. The van der Waals surface area contributed by atoms with E-state index in [0.29, 0.717) is 12.5 Å². The third-order valence-electron chi connectivity index (χ3n) is 2.15. The van der Waals surface area contributed by atoms with Gasteiger partial charge in [0.15, 0.2) is 5.96 Å². The van der Waals surface area contributed by atoms with E-state index in [1.807, 2.05) is 6.92 Å². The van der Waals surface area contributed by atoms with E-state index >= 15 is 0 Å². The Balaban J connectivity index is 3.66. The van der Waals surface area contributed by atoms with Crippen molar-refractivity contribution in [3.8, 4) is 0 Å². The van der Waals surface area contributed by atoms with Crippen molar-refractivity contribution in [3.63, 3.8) is 0 Å². The number of hydrogen-bond donors (Lipinski definition) is 2. The first kappa shape index (κ1) is 14.0. The van der Waals surface area contributed by atoms with Gasteiger partial charge in [0.25, 0.3) is 0 Å². The molecule has 0 aliphatic heterocycles. The summed E-state index contributed by atoms with van der Waals surface area (Å²) in [5, 5.41) is 3.08. The first-order chi connectivity index (χ1) is 7.10. The Kier molecular flexibility index (Phi) is 7.72. The van der Waals surface area contributed by atoms with Crippen LogP contribution in [0.1, 0.15) is 20.8 Å². The number of likely N-dealkylation sites (N-methyl/N-ethyl adjacent to an activating group) is 1. The van der Waals surface area contributed by atoms with Gasteiger partial charge in [0.2, 0.25) is 0 Å². The number of aliphatic imine (C=N–C) groups is 1.